The predicted octanol–water partition coefficient (Wildman–Crippen LogP) is 21.7. The average molecular weight is 1380 g/mol. The fraction of sp³-hybridized carbons (Fsp3) is 0.947. The average Bonchev–Trinajstić information content (AvgIpc) is 1.78. The predicted molar refractivity (Wildman–Crippen MR) is 381 cm³/mol. The fourth-order valence-corrected chi connectivity index (χ4v) is 13.0. The van der Waals surface area contributed by atoms with Crippen LogP contribution >= 0.6 is 15.6 Å². The molecule has 0 aromatic carbocycles. The summed E-state index contributed by atoms with van der Waals surface area (Å²) in [4.78, 5) is 72.6. The Labute approximate surface area is 575 Å². The van der Waals surface area contributed by atoms with Crippen LogP contribution < -0.4 is 0 Å². The van der Waals surface area contributed by atoms with E-state index in [0.717, 1.165) is 108 Å². The summed E-state index contributed by atoms with van der Waals surface area (Å²) in [6.45, 7) is 14.1. The normalized spacial score (nSPS) is 14.2. The summed E-state index contributed by atoms with van der Waals surface area (Å²) >= 11 is 0. The van der Waals surface area contributed by atoms with Gasteiger partial charge in [0.15, 0.2) is 12.2 Å². The highest BCUT2D eigenvalue weighted by atomic mass is 31.2. The van der Waals surface area contributed by atoms with E-state index in [9.17, 15) is 43.2 Å². The van der Waals surface area contributed by atoms with Crippen LogP contribution in [0.15, 0.2) is 0 Å². The molecule has 0 bridgehead atoms. The van der Waals surface area contributed by atoms with Crippen LogP contribution in [0.2, 0.25) is 0 Å². The maximum Gasteiger partial charge on any atom is 0.472 e. The second-order valence-corrected chi connectivity index (χ2v) is 31.9. The first kappa shape index (κ1) is 92.1. The zero-order valence-corrected chi connectivity index (χ0v) is 63.4. The molecule has 0 aromatic heterocycles. The summed E-state index contributed by atoms with van der Waals surface area (Å²) in [7, 11) is -9.91. The van der Waals surface area contributed by atoms with Crippen molar-refractivity contribution in [3.63, 3.8) is 0 Å². The van der Waals surface area contributed by atoms with Gasteiger partial charge >= 0.3 is 39.5 Å². The van der Waals surface area contributed by atoms with Gasteiger partial charge in [-0.15, -0.1) is 0 Å². The molecule has 0 amide bonds. The molecule has 0 spiro atoms. The maximum atomic E-state index is 13.0. The van der Waals surface area contributed by atoms with Gasteiger partial charge in [-0.3, -0.25) is 37.3 Å². The molecule has 0 fully saturated rings. The standard InChI is InChI=1S/C75H146O17P2/c1-65(2)51-43-35-27-23-19-15-13-11-9-10-12-14-16-21-25-29-39-47-55-72(77)85-61-71(92-75(80)58-50-42-34-32-38-46-54-68(7)8)64-90-94(83,84)88-60-69(76)59-87-93(81,82)89-63-70(62-86-73(78)56-48-40-33-31-37-45-53-67(5)6)91-74(79)57-49-41-30-26-22-18-17-20-24-28-36-44-52-66(3)4/h65-71,76H,9-64H2,1-8H3,(H,81,82)(H,83,84)/t69-,70+,71+/m0/s1. The van der Waals surface area contributed by atoms with Gasteiger partial charge in [0.1, 0.15) is 19.3 Å². The molecule has 558 valence electrons. The van der Waals surface area contributed by atoms with Crippen LogP contribution in [0.4, 0.5) is 0 Å². The third-order valence-corrected chi connectivity index (χ3v) is 19.2. The Morgan fingerprint density at radius 2 is 0.447 bits per heavy atom. The Balaban J connectivity index is 5.11. The number of hydrogen-bond acceptors (Lipinski definition) is 15. The van der Waals surface area contributed by atoms with Gasteiger partial charge in [0.2, 0.25) is 0 Å². The summed E-state index contributed by atoms with van der Waals surface area (Å²) in [5.41, 5.74) is 0. The Morgan fingerprint density at radius 1 is 0.266 bits per heavy atom. The van der Waals surface area contributed by atoms with Crippen molar-refractivity contribution in [2.24, 2.45) is 23.7 Å². The van der Waals surface area contributed by atoms with E-state index in [1.165, 1.54) is 173 Å². The van der Waals surface area contributed by atoms with E-state index in [0.29, 0.717) is 37.5 Å². The van der Waals surface area contributed by atoms with Gasteiger partial charge in [0.05, 0.1) is 26.4 Å². The fourth-order valence-electron chi connectivity index (χ4n) is 11.4. The highest BCUT2D eigenvalue weighted by Gasteiger charge is 2.30. The molecule has 2 unspecified atom stereocenters. The molecule has 0 saturated carbocycles. The number of rotatable bonds is 72. The lowest BCUT2D eigenvalue weighted by molar-refractivity contribution is -0.161. The Kier molecular flexibility index (Phi) is 63.1. The van der Waals surface area contributed by atoms with Crippen molar-refractivity contribution in [2.75, 3.05) is 39.6 Å². The van der Waals surface area contributed by atoms with E-state index in [-0.39, 0.29) is 25.7 Å². The number of phosphoric acid groups is 2. The number of aliphatic hydroxyl groups excluding tert-OH is 1. The third-order valence-electron chi connectivity index (χ3n) is 17.3. The van der Waals surface area contributed by atoms with Crippen molar-refractivity contribution in [1.29, 1.82) is 0 Å². The molecule has 3 N–H and O–H groups in total. The highest BCUT2D eigenvalue weighted by molar-refractivity contribution is 7.47. The van der Waals surface area contributed by atoms with Crippen molar-refractivity contribution in [3.05, 3.63) is 0 Å². The van der Waals surface area contributed by atoms with Gasteiger partial charge in [-0.25, -0.2) is 9.13 Å². The van der Waals surface area contributed by atoms with E-state index in [1.54, 1.807) is 0 Å². The van der Waals surface area contributed by atoms with Crippen molar-refractivity contribution >= 4 is 39.5 Å². The first-order chi connectivity index (χ1) is 45.1. The number of aliphatic hydroxyl groups is 1. The molecular formula is C75H146O17P2. The van der Waals surface area contributed by atoms with Gasteiger partial charge in [-0.2, -0.15) is 0 Å². The smallest absolute Gasteiger partial charge is 0.462 e. The van der Waals surface area contributed by atoms with Crippen LogP contribution in [-0.4, -0.2) is 96.7 Å². The highest BCUT2D eigenvalue weighted by Crippen LogP contribution is 2.45. The van der Waals surface area contributed by atoms with Crippen molar-refractivity contribution in [1.82, 2.24) is 0 Å². The van der Waals surface area contributed by atoms with Crippen LogP contribution in [0.25, 0.3) is 0 Å². The zero-order chi connectivity index (χ0) is 69.6. The Bertz CT molecular complexity index is 1850. The molecule has 0 aromatic rings. The van der Waals surface area contributed by atoms with E-state index in [2.05, 4.69) is 55.4 Å². The van der Waals surface area contributed by atoms with Crippen LogP contribution in [0.5, 0.6) is 0 Å². The van der Waals surface area contributed by atoms with Crippen LogP contribution in [0.1, 0.15) is 376 Å². The van der Waals surface area contributed by atoms with Crippen LogP contribution in [0, 0.1) is 23.7 Å². The van der Waals surface area contributed by atoms with Crippen LogP contribution in [-0.2, 0) is 65.4 Å². The first-order valence-corrected chi connectivity index (χ1v) is 41.7. The molecule has 5 atom stereocenters. The van der Waals surface area contributed by atoms with Crippen molar-refractivity contribution < 1.29 is 80.2 Å². The minimum Gasteiger partial charge on any atom is -0.462 e. The number of carbonyl (C=O) groups excluding carboxylic acids is 4. The van der Waals surface area contributed by atoms with E-state index >= 15 is 0 Å². The largest absolute Gasteiger partial charge is 0.472 e. The van der Waals surface area contributed by atoms with Gasteiger partial charge < -0.3 is 33.8 Å². The topological polar surface area (TPSA) is 237 Å². The quantitative estimate of drug-likeness (QED) is 0.0222. The number of hydrogen-bond donors (Lipinski definition) is 3. The van der Waals surface area contributed by atoms with E-state index in [1.807, 2.05) is 0 Å². The number of unbranched alkanes of at least 4 members (excludes halogenated alkanes) is 38. The molecule has 94 heavy (non-hydrogen) atoms. The first-order valence-electron chi connectivity index (χ1n) is 38.7. The molecular weight excluding hydrogens is 1230 g/mol. The molecule has 17 nitrogen and oxygen atoms in total. The molecule has 0 radical (unpaired) electrons. The minimum atomic E-state index is -4.95. The number of phosphoric ester groups is 2. The minimum absolute atomic E-state index is 0.102. The molecule has 0 heterocycles. The maximum absolute atomic E-state index is 13.0. The molecule has 19 heteroatoms. The second kappa shape index (κ2) is 64.4. The number of ether oxygens (including phenoxy) is 4. The Hall–Kier alpha value is -1.94. The summed E-state index contributed by atoms with van der Waals surface area (Å²) in [6.07, 6.45) is 49.1. The van der Waals surface area contributed by atoms with Gasteiger partial charge in [-0.1, -0.05) is 325 Å². The van der Waals surface area contributed by atoms with Gasteiger partial charge in [0.25, 0.3) is 0 Å². The number of esters is 4. The van der Waals surface area contributed by atoms with Crippen molar-refractivity contribution in [2.45, 2.75) is 395 Å². The second-order valence-electron chi connectivity index (χ2n) is 28.9. The lowest BCUT2D eigenvalue weighted by atomic mass is 10.0. The summed E-state index contributed by atoms with van der Waals surface area (Å²) in [6, 6.07) is 0. The molecule has 0 aliphatic rings. The van der Waals surface area contributed by atoms with Crippen LogP contribution in [0.3, 0.4) is 0 Å². The van der Waals surface area contributed by atoms with Gasteiger partial charge in [-0.05, 0) is 49.4 Å². The van der Waals surface area contributed by atoms with E-state index < -0.39 is 97.5 Å². The zero-order valence-electron chi connectivity index (χ0n) is 61.6. The SMILES string of the molecule is CC(C)CCCCCCCCCCCCCCCCCCCCC(=O)OC[C@H](COP(=O)(O)OC[C@@H](O)COP(=O)(O)OC[C@@H](COC(=O)CCCCCCCCC(C)C)OC(=O)CCCCCCCCCCCCCCC(C)C)OC(=O)CCCCCCCCC(C)C. The number of carbonyl (C=O) groups is 4. The summed E-state index contributed by atoms with van der Waals surface area (Å²) in [5, 5.41) is 10.6. The third kappa shape index (κ3) is 68.6. The summed E-state index contributed by atoms with van der Waals surface area (Å²) < 4.78 is 68.3. The monoisotopic (exact) mass is 1380 g/mol. The summed E-state index contributed by atoms with van der Waals surface area (Å²) in [5.74, 6) is 0.819. The molecule has 0 aliphatic carbocycles. The lowest BCUT2D eigenvalue weighted by Gasteiger charge is -2.21. The van der Waals surface area contributed by atoms with Crippen molar-refractivity contribution in [3.8, 4) is 0 Å². The molecule has 0 aliphatic heterocycles. The Morgan fingerprint density at radius 3 is 0.660 bits per heavy atom. The lowest BCUT2D eigenvalue weighted by Crippen LogP contribution is -2.30. The molecule has 0 saturated heterocycles. The van der Waals surface area contributed by atoms with Gasteiger partial charge in [0, 0.05) is 25.7 Å². The van der Waals surface area contributed by atoms with E-state index in [4.69, 9.17) is 37.0 Å². The molecule has 0 rings (SSSR count).